The van der Waals surface area contributed by atoms with Crippen molar-refractivity contribution in [3.05, 3.63) is 0 Å². The Labute approximate surface area is 93.2 Å². The predicted molar refractivity (Wildman–Crippen MR) is 61.9 cm³/mol. The molecule has 90 valence electrons. The summed E-state index contributed by atoms with van der Waals surface area (Å²) in [4.78, 5) is 0. The molecule has 1 aliphatic carbocycles. The summed E-state index contributed by atoms with van der Waals surface area (Å²) in [5, 5.41) is 13.0. The molecule has 0 heterocycles. The topological polar surface area (TPSA) is 41.5 Å². The van der Waals surface area contributed by atoms with E-state index < -0.39 is 0 Å². The Bertz CT molecular complexity index is 156. The summed E-state index contributed by atoms with van der Waals surface area (Å²) in [7, 11) is 0. The highest BCUT2D eigenvalue weighted by Crippen LogP contribution is 2.17. The molecule has 1 unspecified atom stereocenters. The second-order valence-electron chi connectivity index (χ2n) is 4.97. The molecule has 0 aromatic heterocycles. The molecule has 1 atom stereocenters. The van der Waals surface area contributed by atoms with Crippen LogP contribution in [0.3, 0.4) is 0 Å². The average Bonchev–Trinajstić information content (AvgIpc) is 2.66. The fraction of sp³-hybridized carbons (Fsp3) is 1.00. The van der Waals surface area contributed by atoms with Crippen molar-refractivity contribution in [3.8, 4) is 0 Å². The van der Waals surface area contributed by atoms with Gasteiger partial charge in [-0.1, -0.05) is 26.7 Å². The number of aliphatic hydroxyl groups excluding tert-OH is 1. The fourth-order valence-corrected chi connectivity index (χ4v) is 1.93. The second kappa shape index (κ2) is 7.20. The molecule has 1 fully saturated rings. The van der Waals surface area contributed by atoms with Crippen LogP contribution in [-0.4, -0.2) is 37.0 Å². The van der Waals surface area contributed by atoms with Crippen molar-refractivity contribution in [1.29, 1.82) is 0 Å². The molecule has 3 heteroatoms. The predicted octanol–water partition coefficient (Wildman–Crippen LogP) is 1.55. The van der Waals surface area contributed by atoms with Gasteiger partial charge >= 0.3 is 0 Å². The summed E-state index contributed by atoms with van der Waals surface area (Å²) < 4.78 is 5.38. The van der Waals surface area contributed by atoms with Crippen molar-refractivity contribution in [2.45, 2.75) is 51.7 Å². The molecular formula is C12H25NO2. The minimum Gasteiger partial charge on any atom is -0.389 e. The van der Waals surface area contributed by atoms with E-state index in [1.165, 1.54) is 25.7 Å². The van der Waals surface area contributed by atoms with Gasteiger partial charge in [0.1, 0.15) is 0 Å². The van der Waals surface area contributed by atoms with Crippen LogP contribution in [0, 0.1) is 5.92 Å². The maximum Gasteiger partial charge on any atom is 0.0897 e. The zero-order valence-corrected chi connectivity index (χ0v) is 10.0. The SMILES string of the molecule is CC(C)COCC(O)CNC1CCCC1. The Kier molecular flexibility index (Phi) is 6.22. The standard InChI is InChI=1S/C12H25NO2/c1-10(2)8-15-9-12(14)7-13-11-5-3-4-6-11/h10-14H,3-9H2,1-2H3. The molecule has 0 aliphatic heterocycles. The van der Waals surface area contributed by atoms with Crippen molar-refractivity contribution in [1.82, 2.24) is 5.32 Å². The number of hydrogen-bond acceptors (Lipinski definition) is 3. The Morgan fingerprint density at radius 3 is 2.53 bits per heavy atom. The summed E-state index contributed by atoms with van der Waals surface area (Å²) in [5.41, 5.74) is 0. The molecule has 0 amide bonds. The van der Waals surface area contributed by atoms with Gasteiger partial charge < -0.3 is 15.2 Å². The van der Waals surface area contributed by atoms with Crippen LogP contribution in [0.4, 0.5) is 0 Å². The Morgan fingerprint density at radius 2 is 1.93 bits per heavy atom. The number of ether oxygens (including phenoxy) is 1. The van der Waals surface area contributed by atoms with E-state index in [4.69, 9.17) is 4.74 Å². The van der Waals surface area contributed by atoms with Crippen LogP contribution in [-0.2, 0) is 4.74 Å². The van der Waals surface area contributed by atoms with E-state index in [-0.39, 0.29) is 6.10 Å². The smallest absolute Gasteiger partial charge is 0.0897 e. The van der Waals surface area contributed by atoms with Gasteiger partial charge in [0.2, 0.25) is 0 Å². The van der Waals surface area contributed by atoms with Crippen molar-refractivity contribution < 1.29 is 9.84 Å². The Balaban J connectivity index is 1.95. The van der Waals surface area contributed by atoms with Gasteiger partial charge in [-0.2, -0.15) is 0 Å². The molecule has 0 bridgehead atoms. The molecule has 3 nitrogen and oxygen atoms in total. The molecule has 1 rings (SSSR count). The zero-order valence-electron chi connectivity index (χ0n) is 10.0. The van der Waals surface area contributed by atoms with E-state index in [1.54, 1.807) is 0 Å². The first-order valence-electron chi connectivity index (χ1n) is 6.17. The third kappa shape index (κ3) is 6.13. The number of rotatable bonds is 7. The lowest BCUT2D eigenvalue weighted by molar-refractivity contribution is 0.0250. The summed E-state index contributed by atoms with van der Waals surface area (Å²) >= 11 is 0. The van der Waals surface area contributed by atoms with Crippen molar-refractivity contribution in [2.75, 3.05) is 19.8 Å². The minimum atomic E-state index is -0.357. The lowest BCUT2D eigenvalue weighted by atomic mass is 10.2. The van der Waals surface area contributed by atoms with Crippen LogP contribution in [0.15, 0.2) is 0 Å². The molecule has 15 heavy (non-hydrogen) atoms. The number of aliphatic hydroxyl groups is 1. The zero-order chi connectivity index (χ0) is 11.1. The first-order valence-corrected chi connectivity index (χ1v) is 6.17. The van der Waals surface area contributed by atoms with Crippen LogP contribution in [0.1, 0.15) is 39.5 Å². The monoisotopic (exact) mass is 215 g/mol. The van der Waals surface area contributed by atoms with Crippen molar-refractivity contribution >= 4 is 0 Å². The Morgan fingerprint density at radius 1 is 1.27 bits per heavy atom. The normalized spacial score (nSPS) is 20.0. The first-order chi connectivity index (χ1) is 7.18. The first kappa shape index (κ1) is 12.9. The van der Waals surface area contributed by atoms with Crippen molar-refractivity contribution in [2.24, 2.45) is 5.92 Å². The minimum absolute atomic E-state index is 0.357. The highest BCUT2D eigenvalue weighted by Gasteiger charge is 2.15. The summed E-state index contributed by atoms with van der Waals surface area (Å²) in [6, 6.07) is 0.629. The third-order valence-electron chi connectivity index (χ3n) is 2.76. The van der Waals surface area contributed by atoms with Gasteiger partial charge in [0.15, 0.2) is 0 Å². The van der Waals surface area contributed by atoms with Gasteiger partial charge in [0.25, 0.3) is 0 Å². The molecule has 0 saturated heterocycles. The molecule has 0 spiro atoms. The quantitative estimate of drug-likeness (QED) is 0.677. The van der Waals surface area contributed by atoms with E-state index in [0.29, 0.717) is 25.1 Å². The second-order valence-corrected chi connectivity index (χ2v) is 4.97. The van der Waals surface area contributed by atoms with Gasteiger partial charge in [0, 0.05) is 19.2 Å². The van der Waals surface area contributed by atoms with E-state index in [2.05, 4.69) is 19.2 Å². The van der Waals surface area contributed by atoms with Gasteiger partial charge in [-0.25, -0.2) is 0 Å². The van der Waals surface area contributed by atoms with Crippen LogP contribution in [0.5, 0.6) is 0 Å². The molecule has 2 N–H and O–H groups in total. The lowest BCUT2D eigenvalue weighted by Gasteiger charge is -2.16. The summed E-state index contributed by atoms with van der Waals surface area (Å²) in [6.07, 6.45) is 4.83. The van der Waals surface area contributed by atoms with Crippen LogP contribution >= 0.6 is 0 Å². The maximum absolute atomic E-state index is 9.63. The lowest BCUT2D eigenvalue weighted by Crippen LogP contribution is -2.36. The average molecular weight is 215 g/mol. The van der Waals surface area contributed by atoms with E-state index >= 15 is 0 Å². The van der Waals surface area contributed by atoms with Gasteiger partial charge in [-0.05, 0) is 18.8 Å². The van der Waals surface area contributed by atoms with Gasteiger partial charge in [0.05, 0.1) is 12.7 Å². The van der Waals surface area contributed by atoms with Crippen LogP contribution in [0.25, 0.3) is 0 Å². The summed E-state index contributed by atoms with van der Waals surface area (Å²) in [5.74, 6) is 0.542. The summed E-state index contributed by atoms with van der Waals surface area (Å²) in [6.45, 7) is 6.09. The molecular weight excluding hydrogens is 190 g/mol. The van der Waals surface area contributed by atoms with Crippen LogP contribution in [0.2, 0.25) is 0 Å². The van der Waals surface area contributed by atoms with E-state index in [1.807, 2.05) is 0 Å². The van der Waals surface area contributed by atoms with E-state index in [0.717, 1.165) is 6.61 Å². The largest absolute Gasteiger partial charge is 0.389 e. The number of hydrogen-bond donors (Lipinski definition) is 2. The van der Waals surface area contributed by atoms with Gasteiger partial charge in [-0.3, -0.25) is 0 Å². The van der Waals surface area contributed by atoms with Gasteiger partial charge in [-0.15, -0.1) is 0 Å². The maximum atomic E-state index is 9.63. The molecule has 0 aromatic carbocycles. The molecule has 0 aromatic rings. The van der Waals surface area contributed by atoms with Crippen LogP contribution < -0.4 is 5.32 Å². The van der Waals surface area contributed by atoms with E-state index in [9.17, 15) is 5.11 Å². The molecule has 0 radical (unpaired) electrons. The fourth-order valence-electron chi connectivity index (χ4n) is 1.93. The third-order valence-corrected chi connectivity index (χ3v) is 2.76. The molecule has 1 saturated carbocycles. The van der Waals surface area contributed by atoms with Crippen molar-refractivity contribution in [3.63, 3.8) is 0 Å². The highest BCUT2D eigenvalue weighted by molar-refractivity contribution is 4.74. The number of nitrogens with one attached hydrogen (secondary N) is 1. The molecule has 1 aliphatic rings. The Hall–Kier alpha value is -0.120. The highest BCUT2D eigenvalue weighted by atomic mass is 16.5.